The number of hydrogen-bond acceptors (Lipinski definition) is 7. The fourth-order valence-electron chi connectivity index (χ4n) is 6.17. The van der Waals surface area contributed by atoms with E-state index in [4.69, 9.17) is 19.9 Å². The van der Waals surface area contributed by atoms with Gasteiger partial charge in [-0.1, -0.05) is 50.2 Å². The second kappa shape index (κ2) is 16.0. The summed E-state index contributed by atoms with van der Waals surface area (Å²) in [6.07, 6.45) is -0.672. The molecule has 0 aliphatic heterocycles. The molecule has 0 spiro atoms. The molecule has 0 bridgehead atoms. The number of aryl methyl sites for hydroxylation is 1. The molecule has 12 heteroatoms. The van der Waals surface area contributed by atoms with Crippen molar-refractivity contribution in [1.29, 1.82) is 0 Å². The highest BCUT2D eigenvalue weighted by Gasteiger charge is 2.43. The predicted octanol–water partition coefficient (Wildman–Crippen LogP) is 6.57. The van der Waals surface area contributed by atoms with Gasteiger partial charge >= 0.3 is 12.2 Å². The van der Waals surface area contributed by atoms with Crippen molar-refractivity contribution < 1.29 is 33.4 Å². The number of ether oxygens (including phenoxy) is 3. The van der Waals surface area contributed by atoms with E-state index in [0.29, 0.717) is 28.0 Å². The van der Waals surface area contributed by atoms with Crippen LogP contribution >= 0.6 is 15.9 Å². The lowest BCUT2D eigenvalue weighted by Gasteiger charge is -2.36. The highest BCUT2D eigenvalue weighted by molar-refractivity contribution is 9.10. The van der Waals surface area contributed by atoms with Crippen molar-refractivity contribution in [3.8, 4) is 5.75 Å². The smallest absolute Gasteiger partial charge is 0.412 e. The number of para-hydroxylation sites is 2. The number of halogens is 1. The lowest BCUT2D eigenvalue weighted by atomic mass is 9.90. The monoisotopic (exact) mass is 732 g/mol. The summed E-state index contributed by atoms with van der Waals surface area (Å²) < 4.78 is 19.3. The van der Waals surface area contributed by atoms with Crippen molar-refractivity contribution in [2.75, 3.05) is 10.6 Å². The molecule has 258 valence electrons. The first kappa shape index (κ1) is 35.5. The van der Waals surface area contributed by atoms with E-state index >= 15 is 0 Å². The highest BCUT2D eigenvalue weighted by atomic mass is 79.9. The highest BCUT2D eigenvalue weighted by Crippen LogP contribution is 2.41. The third-order valence-electron chi connectivity index (χ3n) is 8.45. The number of nitrogens with one attached hydrogen (secondary N) is 3. The first-order valence-corrected chi connectivity index (χ1v) is 17.1. The van der Waals surface area contributed by atoms with Crippen LogP contribution in [0.2, 0.25) is 0 Å². The van der Waals surface area contributed by atoms with Gasteiger partial charge in [-0.25, -0.2) is 9.59 Å². The zero-order chi connectivity index (χ0) is 35.1. The van der Waals surface area contributed by atoms with E-state index in [-0.39, 0.29) is 17.9 Å². The zero-order valence-corrected chi connectivity index (χ0v) is 29.2. The maximum absolute atomic E-state index is 13.8. The van der Waals surface area contributed by atoms with Gasteiger partial charge in [-0.05, 0) is 108 Å². The van der Waals surface area contributed by atoms with Gasteiger partial charge in [0.1, 0.15) is 17.9 Å². The van der Waals surface area contributed by atoms with Gasteiger partial charge in [-0.15, -0.1) is 0 Å². The summed E-state index contributed by atoms with van der Waals surface area (Å²) in [6.45, 7) is 5.88. The number of fused-ring (bicyclic) bond motifs is 1. The first-order valence-electron chi connectivity index (χ1n) is 16.3. The fraction of sp³-hybridized carbons (Fsp3) is 0.351. The van der Waals surface area contributed by atoms with E-state index in [2.05, 4.69) is 31.9 Å². The zero-order valence-electron chi connectivity index (χ0n) is 27.7. The number of hydrogen-bond donors (Lipinski definition) is 4. The topological polar surface area (TPSA) is 158 Å². The number of nitrogens with two attached hydrogens (primary N) is 1. The van der Waals surface area contributed by atoms with Crippen molar-refractivity contribution in [3.05, 3.63) is 99.5 Å². The Morgan fingerprint density at radius 3 is 2.08 bits per heavy atom. The molecule has 49 heavy (non-hydrogen) atoms. The molecule has 4 unspecified atom stereocenters. The van der Waals surface area contributed by atoms with E-state index in [1.54, 1.807) is 54.6 Å². The van der Waals surface area contributed by atoms with Crippen LogP contribution in [0.25, 0.3) is 0 Å². The Hall–Kier alpha value is -4.84. The number of carbonyl (C=O) groups is 4. The molecule has 4 atom stereocenters. The van der Waals surface area contributed by atoms with Crippen molar-refractivity contribution in [2.45, 2.75) is 77.2 Å². The number of anilines is 2. The van der Waals surface area contributed by atoms with Crippen LogP contribution in [0.15, 0.2) is 82.9 Å². The minimum absolute atomic E-state index is 0.0777. The number of benzene rings is 3. The number of carbonyl (C=O) groups excluding carboxylic acids is 4. The molecular weight excluding hydrogens is 692 g/mol. The van der Waals surface area contributed by atoms with Crippen molar-refractivity contribution in [1.82, 2.24) is 5.32 Å². The Bertz CT molecular complexity index is 1710. The summed E-state index contributed by atoms with van der Waals surface area (Å²) >= 11 is 3.66. The molecule has 0 aromatic heterocycles. The summed E-state index contributed by atoms with van der Waals surface area (Å²) in [5, 5.41) is 8.13. The average molecular weight is 734 g/mol. The van der Waals surface area contributed by atoms with Crippen LogP contribution in [0.5, 0.6) is 5.75 Å². The average Bonchev–Trinajstić information content (AvgIpc) is 3.55. The maximum Gasteiger partial charge on any atom is 0.412 e. The quantitative estimate of drug-likeness (QED) is 0.174. The summed E-state index contributed by atoms with van der Waals surface area (Å²) in [5.74, 6) is -0.607. The van der Waals surface area contributed by atoms with Crippen LogP contribution in [-0.4, -0.2) is 48.4 Å². The Labute approximate surface area is 294 Å². The van der Waals surface area contributed by atoms with Crippen LogP contribution in [0.3, 0.4) is 0 Å². The van der Waals surface area contributed by atoms with Crippen LogP contribution < -0.4 is 26.4 Å². The second-order valence-corrected chi connectivity index (χ2v) is 13.5. The van der Waals surface area contributed by atoms with Crippen LogP contribution in [-0.2, 0) is 31.9 Å². The molecule has 5 N–H and O–H groups in total. The third-order valence-corrected chi connectivity index (χ3v) is 9.04. The number of rotatable bonds is 11. The Kier molecular flexibility index (Phi) is 11.6. The number of amides is 4. The van der Waals surface area contributed by atoms with Gasteiger partial charge in [0.25, 0.3) is 0 Å². The Morgan fingerprint density at radius 1 is 0.898 bits per heavy atom. The van der Waals surface area contributed by atoms with Crippen LogP contribution in [0.1, 0.15) is 49.8 Å². The van der Waals surface area contributed by atoms with Gasteiger partial charge in [0.05, 0.1) is 4.47 Å². The summed E-state index contributed by atoms with van der Waals surface area (Å²) in [7, 11) is 0. The molecule has 11 nitrogen and oxygen atoms in total. The molecule has 3 aromatic rings. The minimum Gasteiger partial charge on any atom is -0.481 e. The van der Waals surface area contributed by atoms with Crippen LogP contribution in [0, 0.1) is 12.8 Å². The van der Waals surface area contributed by atoms with Gasteiger partial charge in [0.15, 0.2) is 12.2 Å². The van der Waals surface area contributed by atoms with E-state index in [0.717, 1.165) is 30.4 Å². The van der Waals surface area contributed by atoms with E-state index in [9.17, 15) is 19.2 Å². The Balaban J connectivity index is 1.52. The molecule has 0 saturated heterocycles. The van der Waals surface area contributed by atoms with Gasteiger partial charge in [0.2, 0.25) is 11.8 Å². The molecule has 0 heterocycles. The first-order chi connectivity index (χ1) is 23.5. The molecule has 5 rings (SSSR count). The molecular formula is C37H41BrN4O7. The van der Waals surface area contributed by atoms with Gasteiger partial charge < -0.3 is 25.3 Å². The lowest BCUT2D eigenvalue weighted by molar-refractivity contribution is -0.126. The van der Waals surface area contributed by atoms with Gasteiger partial charge in [-0.3, -0.25) is 20.2 Å². The molecule has 4 amide bonds. The fourth-order valence-corrected chi connectivity index (χ4v) is 6.85. The van der Waals surface area contributed by atoms with Gasteiger partial charge in [-0.2, -0.15) is 0 Å². The molecule has 2 aliphatic rings. The SMILES string of the molecule is Cc1cc(Br)c(OC2C=C(C(=O)NC(CC(C)C)C(N)=O)CC(OC(=O)Nc3ccccc3)C2OC(=O)Nc2ccccc2)c2c1CCC2. The van der Waals surface area contributed by atoms with Crippen molar-refractivity contribution >= 4 is 51.3 Å². The lowest BCUT2D eigenvalue weighted by Crippen LogP contribution is -2.51. The molecule has 0 saturated carbocycles. The van der Waals surface area contributed by atoms with Crippen LogP contribution in [0.4, 0.5) is 21.0 Å². The van der Waals surface area contributed by atoms with Crippen molar-refractivity contribution in [2.24, 2.45) is 11.7 Å². The van der Waals surface area contributed by atoms with Crippen molar-refractivity contribution in [3.63, 3.8) is 0 Å². The molecule has 0 fully saturated rings. The molecule has 0 radical (unpaired) electrons. The molecule has 2 aliphatic carbocycles. The van der Waals surface area contributed by atoms with E-state index in [1.807, 2.05) is 39.0 Å². The summed E-state index contributed by atoms with van der Waals surface area (Å²) in [6, 6.07) is 18.5. The summed E-state index contributed by atoms with van der Waals surface area (Å²) in [5.41, 5.74) is 10.1. The Morgan fingerprint density at radius 2 is 1.49 bits per heavy atom. The maximum atomic E-state index is 13.8. The standard InChI is InChI=1S/C37H41BrN4O7/c1-21(2)17-29(34(39)43)42-35(44)23-19-30(47-32-27-16-10-15-26(27)22(3)18-28(32)38)33(49-37(46)41-25-13-8-5-9-14-25)31(20-23)48-36(45)40-24-11-6-4-7-12-24/h4-9,11-14,18-19,21,29-31,33H,10,15-17,20H2,1-3H3,(H2,39,43)(H,40,45)(H,41,46)(H,42,44). The summed E-state index contributed by atoms with van der Waals surface area (Å²) in [4.78, 5) is 52.6. The van der Waals surface area contributed by atoms with E-state index < -0.39 is 48.4 Å². The number of primary amides is 1. The third kappa shape index (κ3) is 9.20. The largest absolute Gasteiger partial charge is 0.481 e. The second-order valence-electron chi connectivity index (χ2n) is 12.6. The predicted molar refractivity (Wildman–Crippen MR) is 189 cm³/mol. The normalized spacial score (nSPS) is 18.8. The minimum atomic E-state index is -1.19. The van der Waals surface area contributed by atoms with E-state index in [1.165, 1.54) is 5.56 Å². The van der Waals surface area contributed by atoms with Gasteiger partial charge in [0, 0.05) is 23.4 Å². The molecule has 3 aromatic carbocycles.